The highest BCUT2D eigenvalue weighted by Crippen LogP contribution is 2.21. The standard InChI is InChI=1S/C8H15N3O/c1-8(2,6-12-9)7-4-5-10-11(7)3/h4-5H,6,9H2,1-3H3. The zero-order valence-corrected chi connectivity index (χ0v) is 7.74. The van der Waals surface area contributed by atoms with Crippen LogP contribution >= 0.6 is 0 Å². The minimum atomic E-state index is -0.0833. The van der Waals surface area contributed by atoms with Crippen molar-refractivity contribution in [3.8, 4) is 0 Å². The van der Waals surface area contributed by atoms with E-state index < -0.39 is 0 Å². The molecule has 0 radical (unpaired) electrons. The van der Waals surface area contributed by atoms with Crippen LogP contribution in [0.1, 0.15) is 19.5 Å². The Balaban J connectivity index is 2.88. The largest absolute Gasteiger partial charge is 0.304 e. The van der Waals surface area contributed by atoms with E-state index in [0.717, 1.165) is 5.69 Å². The number of rotatable bonds is 3. The lowest BCUT2D eigenvalue weighted by atomic mass is 9.90. The number of aromatic nitrogens is 2. The van der Waals surface area contributed by atoms with Crippen molar-refractivity contribution in [2.45, 2.75) is 19.3 Å². The van der Waals surface area contributed by atoms with Crippen molar-refractivity contribution < 1.29 is 4.84 Å². The molecule has 12 heavy (non-hydrogen) atoms. The molecule has 0 aliphatic carbocycles. The molecule has 1 heterocycles. The lowest BCUT2D eigenvalue weighted by Gasteiger charge is -2.22. The fourth-order valence-corrected chi connectivity index (χ4v) is 1.32. The van der Waals surface area contributed by atoms with Crippen LogP contribution in [-0.4, -0.2) is 16.4 Å². The van der Waals surface area contributed by atoms with E-state index in [9.17, 15) is 0 Å². The molecule has 0 atom stereocenters. The monoisotopic (exact) mass is 169 g/mol. The first kappa shape index (κ1) is 9.22. The maximum Gasteiger partial charge on any atom is 0.0785 e. The van der Waals surface area contributed by atoms with Gasteiger partial charge in [0.05, 0.1) is 6.61 Å². The summed E-state index contributed by atoms with van der Waals surface area (Å²) in [6, 6.07) is 1.97. The second-order valence-electron chi connectivity index (χ2n) is 3.53. The van der Waals surface area contributed by atoms with Crippen LogP contribution in [0.3, 0.4) is 0 Å². The van der Waals surface area contributed by atoms with E-state index in [1.807, 2.05) is 17.8 Å². The van der Waals surface area contributed by atoms with Crippen LogP contribution in [0, 0.1) is 0 Å². The molecule has 0 saturated heterocycles. The molecule has 0 spiro atoms. The lowest BCUT2D eigenvalue weighted by Crippen LogP contribution is -2.28. The fourth-order valence-electron chi connectivity index (χ4n) is 1.32. The van der Waals surface area contributed by atoms with Crippen LogP contribution in [0.15, 0.2) is 12.3 Å². The lowest BCUT2D eigenvalue weighted by molar-refractivity contribution is 0.0935. The molecule has 1 aromatic heterocycles. The summed E-state index contributed by atoms with van der Waals surface area (Å²) in [5.74, 6) is 5.04. The van der Waals surface area contributed by atoms with Crippen LogP contribution < -0.4 is 5.90 Å². The summed E-state index contributed by atoms with van der Waals surface area (Å²) in [4.78, 5) is 4.64. The molecule has 4 nitrogen and oxygen atoms in total. The van der Waals surface area contributed by atoms with Crippen molar-refractivity contribution >= 4 is 0 Å². The highest BCUT2D eigenvalue weighted by molar-refractivity contribution is 5.13. The van der Waals surface area contributed by atoms with Gasteiger partial charge in [-0.3, -0.25) is 4.68 Å². The Morgan fingerprint density at radius 1 is 1.67 bits per heavy atom. The van der Waals surface area contributed by atoms with Crippen molar-refractivity contribution in [1.29, 1.82) is 0 Å². The first-order valence-corrected chi connectivity index (χ1v) is 3.88. The van der Waals surface area contributed by atoms with Crippen molar-refractivity contribution in [3.63, 3.8) is 0 Å². The Bertz CT molecular complexity index is 255. The predicted octanol–water partition coefficient (Wildman–Crippen LogP) is 0.588. The molecular formula is C8H15N3O. The van der Waals surface area contributed by atoms with Gasteiger partial charge in [-0.1, -0.05) is 13.8 Å². The van der Waals surface area contributed by atoms with Gasteiger partial charge in [0.25, 0.3) is 0 Å². The molecule has 1 rings (SSSR count). The summed E-state index contributed by atoms with van der Waals surface area (Å²) in [6.45, 7) is 4.63. The Morgan fingerprint density at radius 3 is 2.75 bits per heavy atom. The minimum Gasteiger partial charge on any atom is -0.304 e. The summed E-state index contributed by atoms with van der Waals surface area (Å²) in [7, 11) is 1.91. The van der Waals surface area contributed by atoms with Gasteiger partial charge in [-0.15, -0.1) is 0 Å². The zero-order chi connectivity index (χ0) is 9.19. The Hall–Kier alpha value is -0.870. The summed E-state index contributed by atoms with van der Waals surface area (Å²) >= 11 is 0. The average Bonchev–Trinajstić information content (AvgIpc) is 2.35. The molecule has 0 amide bonds. The molecule has 0 aliphatic rings. The van der Waals surface area contributed by atoms with E-state index in [0.29, 0.717) is 6.61 Å². The second kappa shape index (κ2) is 3.25. The molecule has 0 fully saturated rings. The molecule has 1 aromatic rings. The molecule has 68 valence electrons. The molecule has 0 unspecified atom stereocenters. The Kier molecular flexibility index (Phi) is 2.49. The first-order chi connectivity index (χ1) is 5.58. The number of nitrogens with zero attached hydrogens (tertiary/aromatic N) is 2. The number of aryl methyl sites for hydroxylation is 1. The van der Waals surface area contributed by atoms with Crippen molar-refractivity contribution in [1.82, 2.24) is 9.78 Å². The smallest absolute Gasteiger partial charge is 0.0785 e. The third kappa shape index (κ3) is 1.65. The van der Waals surface area contributed by atoms with Crippen molar-refractivity contribution in [2.24, 2.45) is 12.9 Å². The van der Waals surface area contributed by atoms with Crippen molar-refractivity contribution in [2.75, 3.05) is 6.61 Å². The van der Waals surface area contributed by atoms with Crippen LogP contribution in [-0.2, 0) is 17.3 Å². The van der Waals surface area contributed by atoms with Crippen LogP contribution in [0.4, 0.5) is 0 Å². The van der Waals surface area contributed by atoms with E-state index in [-0.39, 0.29) is 5.41 Å². The maximum absolute atomic E-state index is 5.04. The molecule has 0 bridgehead atoms. The van der Waals surface area contributed by atoms with Crippen LogP contribution in [0.5, 0.6) is 0 Å². The maximum atomic E-state index is 5.04. The minimum absolute atomic E-state index is 0.0833. The molecule has 4 heteroatoms. The van der Waals surface area contributed by atoms with E-state index in [1.54, 1.807) is 6.20 Å². The van der Waals surface area contributed by atoms with Crippen LogP contribution in [0.2, 0.25) is 0 Å². The zero-order valence-electron chi connectivity index (χ0n) is 7.74. The second-order valence-corrected chi connectivity index (χ2v) is 3.53. The molecule has 0 saturated carbocycles. The SMILES string of the molecule is Cn1nccc1C(C)(C)CON. The van der Waals surface area contributed by atoms with E-state index in [4.69, 9.17) is 5.90 Å². The van der Waals surface area contributed by atoms with E-state index in [1.165, 1.54) is 0 Å². The van der Waals surface area contributed by atoms with Gasteiger partial charge in [-0.25, -0.2) is 5.90 Å². The number of hydrogen-bond acceptors (Lipinski definition) is 3. The normalized spacial score (nSPS) is 12.0. The highest BCUT2D eigenvalue weighted by atomic mass is 16.6. The summed E-state index contributed by atoms with van der Waals surface area (Å²) < 4.78 is 1.83. The third-order valence-electron chi connectivity index (χ3n) is 1.96. The first-order valence-electron chi connectivity index (χ1n) is 3.88. The third-order valence-corrected chi connectivity index (χ3v) is 1.96. The summed E-state index contributed by atoms with van der Waals surface area (Å²) in [5.41, 5.74) is 1.04. The van der Waals surface area contributed by atoms with Gasteiger partial charge in [-0.2, -0.15) is 5.10 Å². The summed E-state index contributed by atoms with van der Waals surface area (Å²) in [6.07, 6.45) is 1.77. The molecular weight excluding hydrogens is 154 g/mol. The van der Waals surface area contributed by atoms with Crippen molar-refractivity contribution in [3.05, 3.63) is 18.0 Å². The summed E-state index contributed by atoms with van der Waals surface area (Å²) in [5, 5.41) is 4.09. The molecule has 0 aromatic carbocycles. The molecule has 2 N–H and O–H groups in total. The van der Waals surface area contributed by atoms with Gasteiger partial charge in [-0.05, 0) is 6.07 Å². The van der Waals surface area contributed by atoms with Gasteiger partial charge in [0.15, 0.2) is 0 Å². The van der Waals surface area contributed by atoms with Gasteiger partial charge in [0.1, 0.15) is 0 Å². The molecule has 0 aliphatic heterocycles. The highest BCUT2D eigenvalue weighted by Gasteiger charge is 2.23. The fraction of sp³-hybridized carbons (Fsp3) is 0.625. The van der Waals surface area contributed by atoms with Crippen LogP contribution in [0.25, 0.3) is 0 Å². The predicted molar refractivity (Wildman–Crippen MR) is 46.4 cm³/mol. The van der Waals surface area contributed by atoms with Gasteiger partial charge < -0.3 is 4.84 Å². The van der Waals surface area contributed by atoms with E-state index >= 15 is 0 Å². The van der Waals surface area contributed by atoms with Gasteiger partial charge in [0.2, 0.25) is 0 Å². The van der Waals surface area contributed by atoms with E-state index in [2.05, 4.69) is 23.8 Å². The van der Waals surface area contributed by atoms with Gasteiger partial charge in [0, 0.05) is 24.4 Å². The number of nitrogens with two attached hydrogens (primary N) is 1. The number of hydrogen-bond donors (Lipinski definition) is 1. The quantitative estimate of drug-likeness (QED) is 0.674. The average molecular weight is 169 g/mol. The topological polar surface area (TPSA) is 53.1 Å². The Morgan fingerprint density at radius 2 is 2.33 bits per heavy atom. The van der Waals surface area contributed by atoms with Gasteiger partial charge >= 0.3 is 0 Å². The Labute approximate surface area is 72.3 Å².